The molecule has 6 aromatic rings. The zero-order valence-corrected chi connectivity index (χ0v) is 26.4. The first-order valence-corrected chi connectivity index (χ1v) is 14.7. The maximum Gasteiger partial charge on any atom is 0.338 e. The van der Waals surface area contributed by atoms with Crippen LogP contribution in [-0.2, 0) is 20.7 Å². The maximum atomic E-state index is 11.6. The van der Waals surface area contributed by atoms with Gasteiger partial charge in [-0.1, -0.05) is 91.0 Å². The number of fused-ring (bicyclic) bond motifs is 3. The number of carbonyl (C=O) groups is 4. The normalized spacial score (nSPS) is 10.3. The highest BCUT2D eigenvalue weighted by Crippen LogP contribution is 2.25. The number of carboxylic acid groups (broad SMARTS) is 2. The number of methoxy groups -OCH3 is 2. The number of ether oxygens (including phenoxy) is 2. The standard InChI is InChI=1S/C14H12O4.C13H12O2.C12H10O2/c1-18-14(17)12-7-6-9(8-13(15)16)10-4-2-3-5-11(10)12;1-9-7-8-12(13(14)15-2)11-6-4-3-5-10(9)11;1-8-6-7-11(12(13)14)10-5-3-2-4-9(8)10/h2-7H,8H2,1H3,(H,15,16);3-8H,1-2H3;2-7H,1H3,(H,13,14). The molecule has 0 unspecified atom stereocenters. The minimum absolute atomic E-state index is 0.0675. The van der Waals surface area contributed by atoms with E-state index in [0.29, 0.717) is 27.6 Å². The molecule has 6 aromatic carbocycles. The summed E-state index contributed by atoms with van der Waals surface area (Å²) < 4.78 is 9.46. The lowest BCUT2D eigenvalue weighted by molar-refractivity contribution is -0.136. The van der Waals surface area contributed by atoms with Crippen LogP contribution in [0.25, 0.3) is 32.3 Å². The van der Waals surface area contributed by atoms with E-state index in [-0.39, 0.29) is 12.4 Å². The molecular weight excluding hydrogens is 596 g/mol. The molecule has 0 fully saturated rings. The van der Waals surface area contributed by atoms with Crippen LogP contribution in [0.2, 0.25) is 0 Å². The molecular formula is C39H34O8. The molecule has 8 nitrogen and oxygen atoms in total. The van der Waals surface area contributed by atoms with Gasteiger partial charge < -0.3 is 19.7 Å². The number of hydrogen-bond donors (Lipinski definition) is 2. The Labute approximate surface area is 271 Å². The Kier molecular flexibility index (Phi) is 11.0. The van der Waals surface area contributed by atoms with Gasteiger partial charge in [0.15, 0.2) is 0 Å². The van der Waals surface area contributed by atoms with Gasteiger partial charge in [-0.05, 0) is 81.1 Å². The first-order chi connectivity index (χ1) is 22.6. The van der Waals surface area contributed by atoms with Crippen molar-refractivity contribution in [3.63, 3.8) is 0 Å². The van der Waals surface area contributed by atoms with Crippen molar-refractivity contribution in [2.24, 2.45) is 0 Å². The number of aromatic carboxylic acids is 1. The predicted molar refractivity (Wildman–Crippen MR) is 182 cm³/mol. The van der Waals surface area contributed by atoms with Crippen molar-refractivity contribution in [2.45, 2.75) is 20.3 Å². The van der Waals surface area contributed by atoms with Gasteiger partial charge in [-0.25, -0.2) is 14.4 Å². The van der Waals surface area contributed by atoms with E-state index >= 15 is 0 Å². The zero-order valence-electron chi connectivity index (χ0n) is 26.4. The van der Waals surface area contributed by atoms with Crippen molar-refractivity contribution in [3.05, 3.63) is 143 Å². The average molecular weight is 631 g/mol. The molecule has 238 valence electrons. The smallest absolute Gasteiger partial charge is 0.338 e. The first-order valence-electron chi connectivity index (χ1n) is 14.7. The lowest BCUT2D eigenvalue weighted by Crippen LogP contribution is -2.05. The van der Waals surface area contributed by atoms with Crippen LogP contribution in [0.3, 0.4) is 0 Å². The summed E-state index contributed by atoms with van der Waals surface area (Å²) in [4.78, 5) is 44.9. The third kappa shape index (κ3) is 7.80. The van der Waals surface area contributed by atoms with Crippen molar-refractivity contribution in [1.29, 1.82) is 0 Å². The van der Waals surface area contributed by atoms with Gasteiger partial charge in [0.05, 0.1) is 37.3 Å². The number of carbonyl (C=O) groups excluding carboxylic acids is 2. The molecule has 0 saturated heterocycles. The summed E-state index contributed by atoms with van der Waals surface area (Å²) >= 11 is 0. The topological polar surface area (TPSA) is 127 Å². The van der Waals surface area contributed by atoms with Gasteiger partial charge in [-0.2, -0.15) is 0 Å². The van der Waals surface area contributed by atoms with Gasteiger partial charge in [0, 0.05) is 0 Å². The van der Waals surface area contributed by atoms with Crippen LogP contribution in [0.1, 0.15) is 47.8 Å². The van der Waals surface area contributed by atoms with Crippen molar-refractivity contribution in [2.75, 3.05) is 14.2 Å². The largest absolute Gasteiger partial charge is 0.481 e. The summed E-state index contributed by atoms with van der Waals surface area (Å²) in [7, 11) is 2.72. The average Bonchev–Trinajstić information content (AvgIpc) is 3.08. The van der Waals surface area contributed by atoms with E-state index in [0.717, 1.165) is 32.5 Å². The lowest BCUT2D eigenvalue weighted by atomic mass is 9.98. The Bertz CT molecular complexity index is 2110. The Morgan fingerprint density at radius 1 is 0.489 bits per heavy atom. The highest BCUT2D eigenvalue weighted by atomic mass is 16.5. The number of esters is 2. The number of benzene rings is 6. The first kappa shape index (κ1) is 33.9. The molecule has 0 aromatic heterocycles. The van der Waals surface area contributed by atoms with Crippen LogP contribution in [0.5, 0.6) is 0 Å². The number of rotatable bonds is 5. The third-order valence-electron chi connectivity index (χ3n) is 7.68. The molecule has 0 aliphatic rings. The zero-order chi connectivity index (χ0) is 34.1. The summed E-state index contributed by atoms with van der Waals surface area (Å²) in [6.07, 6.45) is -0.0675. The van der Waals surface area contributed by atoms with Crippen LogP contribution in [-0.4, -0.2) is 48.3 Å². The van der Waals surface area contributed by atoms with Gasteiger partial charge in [0.2, 0.25) is 0 Å². The summed E-state index contributed by atoms with van der Waals surface area (Å²) in [5.74, 6) is -2.48. The summed E-state index contributed by atoms with van der Waals surface area (Å²) in [5.41, 5.74) is 4.39. The Hall–Kier alpha value is -6.02. The molecule has 8 heteroatoms. The van der Waals surface area contributed by atoms with E-state index in [9.17, 15) is 19.2 Å². The molecule has 0 radical (unpaired) electrons. The minimum Gasteiger partial charge on any atom is -0.481 e. The lowest BCUT2D eigenvalue weighted by Gasteiger charge is -2.08. The van der Waals surface area contributed by atoms with Gasteiger partial charge in [0.25, 0.3) is 0 Å². The Morgan fingerprint density at radius 3 is 1.28 bits per heavy atom. The quantitative estimate of drug-likeness (QED) is 0.183. The molecule has 0 spiro atoms. The molecule has 6 rings (SSSR count). The van der Waals surface area contributed by atoms with Crippen LogP contribution in [0, 0.1) is 13.8 Å². The van der Waals surface area contributed by atoms with E-state index in [4.69, 9.17) is 19.7 Å². The predicted octanol–water partition coefficient (Wildman–Crippen LogP) is 8.03. The fourth-order valence-corrected chi connectivity index (χ4v) is 5.34. The second kappa shape index (κ2) is 15.3. The van der Waals surface area contributed by atoms with E-state index in [1.165, 1.54) is 19.8 Å². The number of aryl methyl sites for hydroxylation is 2. The summed E-state index contributed by atoms with van der Waals surface area (Å²) in [6.45, 7) is 4.01. The summed E-state index contributed by atoms with van der Waals surface area (Å²) in [6, 6.07) is 33.1. The molecule has 0 amide bonds. The van der Waals surface area contributed by atoms with Crippen LogP contribution >= 0.6 is 0 Å². The molecule has 0 bridgehead atoms. The maximum absolute atomic E-state index is 11.6. The van der Waals surface area contributed by atoms with E-state index < -0.39 is 17.9 Å². The fraction of sp³-hybridized carbons (Fsp3) is 0.128. The van der Waals surface area contributed by atoms with Crippen molar-refractivity contribution in [3.8, 4) is 0 Å². The number of carboxylic acids is 2. The number of aliphatic carboxylic acids is 1. The van der Waals surface area contributed by atoms with Crippen molar-refractivity contribution < 1.29 is 38.9 Å². The minimum atomic E-state index is -0.897. The van der Waals surface area contributed by atoms with Crippen LogP contribution in [0.15, 0.2) is 109 Å². The Balaban J connectivity index is 0.000000161. The second-order valence-corrected chi connectivity index (χ2v) is 10.6. The van der Waals surface area contributed by atoms with E-state index in [2.05, 4.69) is 0 Å². The van der Waals surface area contributed by atoms with Crippen molar-refractivity contribution in [1.82, 2.24) is 0 Å². The van der Waals surface area contributed by atoms with Crippen LogP contribution < -0.4 is 0 Å². The summed E-state index contributed by atoms with van der Waals surface area (Å²) in [5, 5.41) is 23.2. The fourth-order valence-electron chi connectivity index (χ4n) is 5.34. The van der Waals surface area contributed by atoms with Gasteiger partial charge in [-0.15, -0.1) is 0 Å². The van der Waals surface area contributed by atoms with Crippen LogP contribution in [0.4, 0.5) is 0 Å². The molecule has 0 aliphatic carbocycles. The monoisotopic (exact) mass is 630 g/mol. The number of hydrogen-bond acceptors (Lipinski definition) is 6. The second-order valence-electron chi connectivity index (χ2n) is 10.6. The van der Waals surface area contributed by atoms with Crippen molar-refractivity contribution >= 4 is 56.2 Å². The highest BCUT2D eigenvalue weighted by molar-refractivity contribution is 6.07. The molecule has 0 heterocycles. The molecule has 0 atom stereocenters. The Morgan fingerprint density at radius 2 is 0.851 bits per heavy atom. The molecule has 47 heavy (non-hydrogen) atoms. The molecule has 0 saturated carbocycles. The molecule has 0 aliphatic heterocycles. The SMILES string of the molecule is COC(=O)c1ccc(C)c2ccccc12.COC(=O)c1ccc(CC(=O)O)c2ccccc12.Cc1ccc(C(=O)O)c2ccccc12. The van der Waals surface area contributed by atoms with Gasteiger partial charge in [-0.3, -0.25) is 4.79 Å². The highest BCUT2D eigenvalue weighted by Gasteiger charge is 2.14. The molecule has 2 N–H and O–H groups in total. The van der Waals surface area contributed by atoms with Gasteiger partial charge in [0.1, 0.15) is 0 Å². The van der Waals surface area contributed by atoms with Gasteiger partial charge >= 0.3 is 23.9 Å². The third-order valence-corrected chi connectivity index (χ3v) is 7.68. The van der Waals surface area contributed by atoms with E-state index in [1.54, 1.807) is 36.4 Å². The van der Waals surface area contributed by atoms with E-state index in [1.807, 2.05) is 86.6 Å².